The normalized spacial score (nSPS) is 23.5. The topological polar surface area (TPSA) is 40.5 Å². The predicted molar refractivity (Wildman–Crippen MR) is 100 cm³/mol. The molecule has 0 amide bonds. The lowest BCUT2D eigenvalue weighted by Gasteiger charge is -2.40. The van der Waals surface area contributed by atoms with E-state index in [4.69, 9.17) is 0 Å². The summed E-state index contributed by atoms with van der Waals surface area (Å²) in [6.45, 7) is 12.4. The van der Waals surface area contributed by atoms with Gasteiger partial charge >= 0.3 is 0 Å². The van der Waals surface area contributed by atoms with Crippen LogP contribution in [0.5, 0.6) is 0 Å². The number of rotatable bonds is 2. The highest BCUT2D eigenvalue weighted by molar-refractivity contribution is 5.92. The molecular formula is C22H30O2. The van der Waals surface area contributed by atoms with Crippen molar-refractivity contribution >= 4 is 10.8 Å². The lowest BCUT2D eigenvalue weighted by atomic mass is 9.68. The van der Waals surface area contributed by atoms with Gasteiger partial charge in [-0.3, -0.25) is 0 Å². The number of aliphatic hydroxyl groups excluding tert-OH is 2. The Labute approximate surface area is 145 Å². The first-order valence-corrected chi connectivity index (χ1v) is 8.91. The molecule has 2 N–H and O–H groups in total. The van der Waals surface area contributed by atoms with Gasteiger partial charge in [-0.05, 0) is 32.7 Å². The summed E-state index contributed by atoms with van der Waals surface area (Å²) in [5.74, 6) is -0.166. The van der Waals surface area contributed by atoms with Crippen molar-refractivity contribution in [3.63, 3.8) is 0 Å². The third-order valence-corrected chi connectivity index (χ3v) is 5.53. The molecule has 2 aromatic rings. The summed E-state index contributed by atoms with van der Waals surface area (Å²) < 4.78 is 0. The van der Waals surface area contributed by atoms with E-state index in [9.17, 15) is 10.2 Å². The summed E-state index contributed by atoms with van der Waals surface area (Å²) in [5, 5.41) is 24.8. The van der Waals surface area contributed by atoms with Crippen molar-refractivity contribution in [1.82, 2.24) is 0 Å². The maximum absolute atomic E-state index is 11.2. The van der Waals surface area contributed by atoms with Gasteiger partial charge in [0.25, 0.3) is 0 Å². The molecule has 0 bridgehead atoms. The Bertz CT molecular complexity index is 688. The van der Waals surface area contributed by atoms with Crippen molar-refractivity contribution in [3.05, 3.63) is 47.5 Å². The fourth-order valence-corrected chi connectivity index (χ4v) is 4.15. The van der Waals surface area contributed by atoms with Crippen molar-refractivity contribution < 1.29 is 10.2 Å². The smallest absolute Gasteiger partial charge is 0.0664 e. The summed E-state index contributed by atoms with van der Waals surface area (Å²) in [5.41, 5.74) is 1.87. The van der Waals surface area contributed by atoms with Gasteiger partial charge in [0.05, 0.1) is 12.2 Å². The Kier molecular flexibility index (Phi) is 4.05. The molecule has 0 spiro atoms. The lowest BCUT2D eigenvalue weighted by Crippen LogP contribution is -2.41. The van der Waals surface area contributed by atoms with Crippen LogP contribution in [-0.4, -0.2) is 22.4 Å². The van der Waals surface area contributed by atoms with Crippen LogP contribution in [0.2, 0.25) is 0 Å². The first-order valence-electron chi connectivity index (χ1n) is 8.91. The van der Waals surface area contributed by atoms with Gasteiger partial charge in [0, 0.05) is 11.8 Å². The van der Waals surface area contributed by atoms with Gasteiger partial charge < -0.3 is 10.2 Å². The highest BCUT2D eigenvalue weighted by atomic mass is 16.3. The van der Waals surface area contributed by atoms with E-state index in [-0.39, 0.29) is 22.7 Å². The van der Waals surface area contributed by atoms with Gasteiger partial charge in [-0.2, -0.15) is 0 Å². The van der Waals surface area contributed by atoms with Crippen LogP contribution in [0.4, 0.5) is 0 Å². The number of hydrogen-bond acceptors (Lipinski definition) is 2. The lowest BCUT2D eigenvalue weighted by molar-refractivity contribution is -0.0175. The van der Waals surface area contributed by atoms with Gasteiger partial charge in [-0.15, -0.1) is 0 Å². The molecule has 2 nitrogen and oxygen atoms in total. The van der Waals surface area contributed by atoms with E-state index in [2.05, 4.69) is 77.9 Å². The summed E-state index contributed by atoms with van der Waals surface area (Å²) >= 11 is 0. The Balaban J connectivity index is 2.24. The molecule has 1 aliphatic carbocycles. The van der Waals surface area contributed by atoms with Crippen LogP contribution in [0.1, 0.15) is 64.5 Å². The average Bonchev–Trinajstić information content (AvgIpc) is 2.80. The minimum atomic E-state index is -0.516. The van der Waals surface area contributed by atoms with Crippen LogP contribution < -0.4 is 0 Å². The van der Waals surface area contributed by atoms with Crippen LogP contribution >= 0.6 is 0 Å². The third-order valence-electron chi connectivity index (χ3n) is 5.53. The molecule has 4 atom stereocenters. The second-order valence-electron chi connectivity index (χ2n) is 9.47. The second kappa shape index (κ2) is 5.57. The van der Waals surface area contributed by atoms with Crippen molar-refractivity contribution in [1.29, 1.82) is 0 Å². The summed E-state index contributed by atoms with van der Waals surface area (Å²) in [7, 11) is 0. The van der Waals surface area contributed by atoms with Crippen molar-refractivity contribution in [2.45, 2.75) is 65.6 Å². The average molecular weight is 326 g/mol. The maximum atomic E-state index is 11.2. The Hall–Kier alpha value is -1.38. The van der Waals surface area contributed by atoms with E-state index < -0.39 is 12.2 Å². The molecule has 0 saturated carbocycles. The van der Waals surface area contributed by atoms with Crippen LogP contribution in [-0.2, 0) is 0 Å². The maximum Gasteiger partial charge on any atom is 0.0664 e. The molecule has 130 valence electrons. The standard InChI is InChI=1S/C22H30O2/c1-21(2,3)19(23)17-14-11-7-9-13-10-8-12-15(16(13)14)18(17)20(24)22(4,5)6/h7-12,17-20,23-24H,1-6H3/t17-,18-,19?,20?/m1/s1. The van der Waals surface area contributed by atoms with E-state index in [1.54, 1.807) is 0 Å². The number of aliphatic hydroxyl groups is 2. The van der Waals surface area contributed by atoms with E-state index in [0.29, 0.717) is 0 Å². The molecule has 2 aromatic carbocycles. The van der Waals surface area contributed by atoms with E-state index in [1.165, 1.54) is 21.9 Å². The van der Waals surface area contributed by atoms with Crippen molar-refractivity contribution in [2.24, 2.45) is 10.8 Å². The van der Waals surface area contributed by atoms with Crippen LogP contribution in [0, 0.1) is 10.8 Å². The molecule has 1 aliphatic rings. The molecule has 0 heterocycles. The molecule has 0 fully saturated rings. The molecule has 0 aliphatic heterocycles. The minimum absolute atomic E-state index is 0.0830. The fourth-order valence-electron chi connectivity index (χ4n) is 4.15. The Morgan fingerprint density at radius 2 is 1.08 bits per heavy atom. The molecule has 24 heavy (non-hydrogen) atoms. The van der Waals surface area contributed by atoms with Crippen molar-refractivity contribution in [2.75, 3.05) is 0 Å². The minimum Gasteiger partial charge on any atom is -0.392 e. The molecule has 2 heteroatoms. The zero-order valence-electron chi connectivity index (χ0n) is 15.7. The van der Waals surface area contributed by atoms with E-state index >= 15 is 0 Å². The van der Waals surface area contributed by atoms with Crippen molar-refractivity contribution in [3.8, 4) is 0 Å². The van der Waals surface area contributed by atoms with Crippen LogP contribution in [0.25, 0.3) is 10.8 Å². The SMILES string of the molecule is CC(C)(C)C(O)[C@@H]1c2cccc3cccc(c23)[C@H]1C(O)C(C)(C)C. The van der Waals surface area contributed by atoms with Gasteiger partial charge in [0.1, 0.15) is 0 Å². The monoisotopic (exact) mass is 326 g/mol. The zero-order chi connectivity index (χ0) is 17.9. The highest BCUT2D eigenvalue weighted by Gasteiger charge is 2.47. The first-order chi connectivity index (χ1) is 11.0. The predicted octanol–water partition coefficient (Wildman–Crippen LogP) is 4.83. The fraction of sp³-hybridized carbons (Fsp3) is 0.545. The number of hydrogen-bond donors (Lipinski definition) is 2. The molecule has 2 unspecified atom stereocenters. The molecule has 0 saturated heterocycles. The van der Waals surface area contributed by atoms with Gasteiger partial charge in [-0.1, -0.05) is 77.9 Å². The summed E-state index contributed by atoms with van der Waals surface area (Å²) in [6, 6.07) is 12.6. The first kappa shape index (κ1) is 17.4. The summed E-state index contributed by atoms with van der Waals surface area (Å²) in [4.78, 5) is 0. The van der Waals surface area contributed by atoms with Crippen LogP contribution in [0.15, 0.2) is 36.4 Å². The Morgan fingerprint density at radius 1 is 0.708 bits per heavy atom. The Morgan fingerprint density at radius 3 is 1.42 bits per heavy atom. The zero-order valence-corrected chi connectivity index (χ0v) is 15.7. The quantitative estimate of drug-likeness (QED) is 0.829. The molecular weight excluding hydrogens is 296 g/mol. The second-order valence-corrected chi connectivity index (χ2v) is 9.47. The van der Waals surface area contributed by atoms with Gasteiger partial charge in [-0.25, -0.2) is 0 Å². The van der Waals surface area contributed by atoms with Crippen LogP contribution in [0.3, 0.4) is 0 Å². The molecule has 0 aromatic heterocycles. The molecule has 3 rings (SSSR count). The van der Waals surface area contributed by atoms with E-state index in [0.717, 1.165) is 0 Å². The third kappa shape index (κ3) is 2.66. The van der Waals surface area contributed by atoms with Gasteiger partial charge in [0.2, 0.25) is 0 Å². The summed E-state index contributed by atoms with van der Waals surface area (Å²) in [6.07, 6.45) is -1.03. The van der Waals surface area contributed by atoms with Gasteiger partial charge in [0.15, 0.2) is 0 Å². The molecule has 0 radical (unpaired) electrons. The van der Waals surface area contributed by atoms with E-state index in [1.807, 2.05) is 0 Å². The largest absolute Gasteiger partial charge is 0.392 e. The number of benzene rings is 2. The highest BCUT2D eigenvalue weighted by Crippen LogP contribution is 2.54.